The van der Waals surface area contributed by atoms with Crippen molar-refractivity contribution < 1.29 is 9.90 Å². The number of nitriles is 1. The Kier molecular flexibility index (Phi) is 4.84. The van der Waals surface area contributed by atoms with Crippen LogP contribution in [0.3, 0.4) is 0 Å². The second kappa shape index (κ2) is 5.74. The average molecular weight is 256 g/mol. The zero-order valence-corrected chi connectivity index (χ0v) is 11.3. The summed E-state index contributed by atoms with van der Waals surface area (Å²) in [5.74, 6) is 0.339. The van der Waals surface area contributed by atoms with E-state index in [0.717, 1.165) is 12.8 Å². The molecule has 1 aliphatic rings. The minimum atomic E-state index is -0.912. The molecule has 1 amide bonds. The van der Waals surface area contributed by atoms with E-state index in [9.17, 15) is 9.90 Å². The van der Waals surface area contributed by atoms with Gasteiger partial charge in [0, 0.05) is 12.3 Å². The van der Waals surface area contributed by atoms with Crippen LogP contribution in [0.4, 0.5) is 0 Å². The molecule has 1 atom stereocenters. The Morgan fingerprint density at radius 2 is 2.18 bits per heavy atom. The number of amides is 1. The van der Waals surface area contributed by atoms with Crippen molar-refractivity contribution >= 4 is 17.7 Å². The van der Waals surface area contributed by atoms with Crippen molar-refractivity contribution in [2.75, 3.05) is 18.6 Å². The summed E-state index contributed by atoms with van der Waals surface area (Å²) >= 11 is 1.53. The molecule has 0 spiro atoms. The summed E-state index contributed by atoms with van der Waals surface area (Å²) in [5.41, 5.74) is -1.76. The molecule has 0 saturated heterocycles. The van der Waals surface area contributed by atoms with Crippen LogP contribution in [0.1, 0.15) is 32.6 Å². The van der Waals surface area contributed by atoms with Crippen LogP contribution in [0.2, 0.25) is 0 Å². The molecule has 96 valence electrons. The minimum Gasteiger partial charge on any atom is -0.387 e. The van der Waals surface area contributed by atoms with Crippen LogP contribution in [-0.2, 0) is 4.79 Å². The molecule has 0 bridgehead atoms. The molecular formula is C12H20N2O2S. The highest BCUT2D eigenvalue weighted by atomic mass is 32.2. The second-order valence-corrected chi connectivity index (χ2v) is 5.88. The Hall–Kier alpha value is -0.730. The van der Waals surface area contributed by atoms with Crippen LogP contribution < -0.4 is 5.32 Å². The summed E-state index contributed by atoms with van der Waals surface area (Å²) in [4.78, 5) is 12.0. The number of hydrogen-bond acceptors (Lipinski definition) is 4. The van der Waals surface area contributed by atoms with Gasteiger partial charge in [0.1, 0.15) is 5.41 Å². The lowest BCUT2D eigenvalue weighted by molar-refractivity contribution is -0.128. The van der Waals surface area contributed by atoms with Crippen LogP contribution in [0.15, 0.2) is 0 Å². The predicted molar refractivity (Wildman–Crippen MR) is 68.5 cm³/mol. The fraction of sp³-hybridized carbons (Fsp3) is 0.833. The quantitative estimate of drug-likeness (QED) is 0.777. The number of carbonyl (C=O) groups is 1. The third kappa shape index (κ3) is 3.62. The fourth-order valence-corrected chi connectivity index (χ4v) is 2.89. The van der Waals surface area contributed by atoms with Gasteiger partial charge in [0.25, 0.3) is 0 Å². The largest absolute Gasteiger partial charge is 0.387 e. The summed E-state index contributed by atoms with van der Waals surface area (Å²) in [6.07, 6.45) is 5.05. The minimum absolute atomic E-state index is 0.204. The van der Waals surface area contributed by atoms with Gasteiger partial charge >= 0.3 is 0 Å². The van der Waals surface area contributed by atoms with Gasteiger partial charge in [-0.3, -0.25) is 4.79 Å². The van der Waals surface area contributed by atoms with Gasteiger partial charge in [-0.15, -0.1) is 0 Å². The first kappa shape index (κ1) is 14.3. The fourth-order valence-electron chi connectivity index (χ4n) is 2.17. The molecule has 1 fully saturated rings. The molecule has 0 aliphatic heterocycles. The number of hydrogen-bond donors (Lipinski definition) is 2. The van der Waals surface area contributed by atoms with Gasteiger partial charge in [0.05, 0.1) is 11.7 Å². The molecule has 1 unspecified atom stereocenters. The lowest BCUT2D eigenvalue weighted by Crippen LogP contribution is -2.47. The molecule has 17 heavy (non-hydrogen) atoms. The molecule has 0 aromatic heterocycles. The molecule has 5 heteroatoms. The van der Waals surface area contributed by atoms with E-state index in [1.54, 1.807) is 6.92 Å². The Morgan fingerprint density at radius 3 is 2.65 bits per heavy atom. The summed E-state index contributed by atoms with van der Waals surface area (Å²) in [7, 11) is 0. The van der Waals surface area contributed by atoms with Crippen LogP contribution in [0.5, 0.6) is 0 Å². The number of aliphatic hydroxyl groups is 1. The smallest absolute Gasteiger partial charge is 0.240 e. The SMILES string of the molecule is CSCC(C)(O)CNC(=O)C1(C#N)CCCC1. The lowest BCUT2D eigenvalue weighted by atomic mass is 9.87. The van der Waals surface area contributed by atoms with E-state index in [2.05, 4.69) is 11.4 Å². The Balaban J connectivity index is 2.52. The first-order chi connectivity index (χ1) is 7.96. The average Bonchev–Trinajstić information content (AvgIpc) is 2.75. The lowest BCUT2D eigenvalue weighted by Gasteiger charge is -2.25. The van der Waals surface area contributed by atoms with Crippen molar-refractivity contribution in [3.8, 4) is 6.07 Å². The molecule has 0 aromatic carbocycles. The molecule has 1 aliphatic carbocycles. The molecule has 0 heterocycles. The molecule has 1 rings (SSSR count). The number of carbonyl (C=O) groups excluding carboxylic acids is 1. The van der Waals surface area contributed by atoms with Crippen LogP contribution in [0, 0.1) is 16.7 Å². The molecule has 4 nitrogen and oxygen atoms in total. The van der Waals surface area contributed by atoms with E-state index >= 15 is 0 Å². The highest BCUT2D eigenvalue weighted by Crippen LogP contribution is 2.37. The third-order valence-electron chi connectivity index (χ3n) is 3.19. The van der Waals surface area contributed by atoms with E-state index in [1.165, 1.54) is 11.8 Å². The number of thioether (sulfide) groups is 1. The first-order valence-electron chi connectivity index (χ1n) is 5.87. The summed E-state index contributed by atoms with van der Waals surface area (Å²) in [6, 6.07) is 2.15. The van der Waals surface area contributed by atoms with Gasteiger partial charge in [0.2, 0.25) is 5.91 Å². The van der Waals surface area contributed by atoms with Crippen LogP contribution in [-0.4, -0.2) is 35.2 Å². The molecule has 2 N–H and O–H groups in total. The van der Waals surface area contributed by atoms with Crippen molar-refractivity contribution in [2.24, 2.45) is 5.41 Å². The van der Waals surface area contributed by atoms with E-state index in [4.69, 9.17) is 5.26 Å². The monoisotopic (exact) mass is 256 g/mol. The van der Waals surface area contributed by atoms with Gasteiger partial charge in [-0.05, 0) is 26.0 Å². The van der Waals surface area contributed by atoms with Crippen molar-refractivity contribution in [3.63, 3.8) is 0 Å². The topological polar surface area (TPSA) is 73.1 Å². The third-order valence-corrected chi connectivity index (χ3v) is 4.10. The van der Waals surface area contributed by atoms with Gasteiger partial charge in [-0.25, -0.2) is 0 Å². The van der Waals surface area contributed by atoms with E-state index in [0.29, 0.717) is 18.6 Å². The maximum absolute atomic E-state index is 12.0. The Labute approximate surface area is 107 Å². The van der Waals surface area contributed by atoms with E-state index in [1.807, 2.05) is 6.26 Å². The van der Waals surface area contributed by atoms with Gasteiger partial charge < -0.3 is 10.4 Å². The van der Waals surface area contributed by atoms with Gasteiger partial charge in [-0.2, -0.15) is 17.0 Å². The van der Waals surface area contributed by atoms with E-state index in [-0.39, 0.29) is 12.5 Å². The van der Waals surface area contributed by atoms with Crippen molar-refractivity contribution in [1.29, 1.82) is 5.26 Å². The van der Waals surface area contributed by atoms with Crippen molar-refractivity contribution in [3.05, 3.63) is 0 Å². The maximum atomic E-state index is 12.0. The first-order valence-corrected chi connectivity index (χ1v) is 7.26. The molecule has 1 saturated carbocycles. The molecular weight excluding hydrogens is 236 g/mol. The maximum Gasteiger partial charge on any atom is 0.240 e. The van der Waals surface area contributed by atoms with Gasteiger partial charge in [-0.1, -0.05) is 12.8 Å². The standard InChI is InChI=1S/C12H20N2O2S/c1-11(16,9-17-2)8-14-10(15)12(7-13)5-3-4-6-12/h16H,3-6,8-9H2,1-2H3,(H,14,15). The Morgan fingerprint density at radius 1 is 1.59 bits per heavy atom. The number of nitrogens with one attached hydrogen (secondary N) is 1. The zero-order chi connectivity index (χ0) is 12.9. The highest BCUT2D eigenvalue weighted by molar-refractivity contribution is 7.98. The van der Waals surface area contributed by atoms with Gasteiger partial charge in [0.15, 0.2) is 0 Å². The normalized spacial score (nSPS) is 21.5. The highest BCUT2D eigenvalue weighted by Gasteiger charge is 2.41. The summed E-state index contributed by atoms with van der Waals surface area (Å²) in [5, 5.41) is 21.8. The van der Waals surface area contributed by atoms with E-state index < -0.39 is 11.0 Å². The van der Waals surface area contributed by atoms with Crippen molar-refractivity contribution in [1.82, 2.24) is 5.32 Å². The molecule has 0 aromatic rings. The molecule has 0 radical (unpaired) electrons. The number of nitrogens with zero attached hydrogens (tertiary/aromatic N) is 1. The van der Waals surface area contributed by atoms with Crippen LogP contribution in [0.25, 0.3) is 0 Å². The zero-order valence-electron chi connectivity index (χ0n) is 10.5. The number of rotatable bonds is 5. The second-order valence-electron chi connectivity index (χ2n) is 5.01. The van der Waals surface area contributed by atoms with Crippen LogP contribution >= 0.6 is 11.8 Å². The Bertz CT molecular complexity index is 317. The summed E-state index contributed by atoms with van der Waals surface area (Å²) < 4.78 is 0. The summed E-state index contributed by atoms with van der Waals surface area (Å²) in [6.45, 7) is 1.90. The predicted octanol–water partition coefficient (Wildman–Crippen LogP) is 1.30. The van der Waals surface area contributed by atoms with Crippen molar-refractivity contribution in [2.45, 2.75) is 38.2 Å².